The lowest BCUT2D eigenvalue weighted by molar-refractivity contribution is 0.423. The second-order valence-electron chi connectivity index (χ2n) is 5.98. The summed E-state index contributed by atoms with van der Waals surface area (Å²) in [6, 6.07) is 0. The van der Waals surface area contributed by atoms with Gasteiger partial charge in [-0.05, 0) is 20.8 Å². The predicted molar refractivity (Wildman–Crippen MR) is 67.4 cm³/mol. The van der Waals surface area contributed by atoms with Crippen LogP contribution in [0.5, 0.6) is 0 Å². The van der Waals surface area contributed by atoms with E-state index in [0.717, 1.165) is 6.54 Å². The monoisotopic (exact) mass is 226 g/mol. The molecule has 0 aliphatic carbocycles. The molecule has 15 heavy (non-hydrogen) atoms. The van der Waals surface area contributed by atoms with E-state index < -0.39 is 0 Å². The third-order valence-electron chi connectivity index (χ3n) is 2.09. The van der Waals surface area contributed by atoms with Crippen molar-refractivity contribution in [1.29, 1.82) is 0 Å². The zero-order chi connectivity index (χ0) is 11.7. The zero-order valence-corrected chi connectivity index (χ0v) is 11.5. The van der Waals surface area contributed by atoms with E-state index in [2.05, 4.69) is 57.2 Å². The van der Waals surface area contributed by atoms with Crippen molar-refractivity contribution < 1.29 is 0 Å². The quantitative estimate of drug-likeness (QED) is 0.836. The molecule has 1 aromatic rings. The van der Waals surface area contributed by atoms with Crippen LogP contribution in [0.4, 0.5) is 0 Å². The van der Waals surface area contributed by atoms with Crippen LogP contribution in [0.25, 0.3) is 0 Å². The maximum Gasteiger partial charge on any atom is 0.107 e. The van der Waals surface area contributed by atoms with Crippen molar-refractivity contribution in [2.24, 2.45) is 0 Å². The molecular weight excluding hydrogens is 204 g/mol. The summed E-state index contributed by atoms with van der Waals surface area (Å²) in [5.74, 6) is 0. The van der Waals surface area contributed by atoms with Crippen LogP contribution in [0.15, 0.2) is 5.38 Å². The predicted octanol–water partition coefficient (Wildman–Crippen LogP) is 3.33. The highest BCUT2D eigenvalue weighted by molar-refractivity contribution is 7.09. The molecule has 0 bridgehead atoms. The minimum atomic E-state index is 0.160. The zero-order valence-electron chi connectivity index (χ0n) is 10.6. The van der Waals surface area contributed by atoms with E-state index in [9.17, 15) is 0 Å². The Morgan fingerprint density at radius 1 is 1.20 bits per heavy atom. The molecule has 1 N–H and O–H groups in total. The van der Waals surface area contributed by atoms with Crippen molar-refractivity contribution in [2.75, 3.05) is 0 Å². The normalized spacial score (nSPS) is 13.2. The summed E-state index contributed by atoms with van der Waals surface area (Å²) in [7, 11) is 0. The molecule has 86 valence electrons. The van der Waals surface area contributed by atoms with Gasteiger partial charge in [0.1, 0.15) is 5.01 Å². The van der Waals surface area contributed by atoms with E-state index in [1.165, 1.54) is 10.7 Å². The summed E-state index contributed by atoms with van der Waals surface area (Å²) in [6.45, 7) is 14.0. The van der Waals surface area contributed by atoms with Crippen molar-refractivity contribution in [3.05, 3.63) is 16.1 Å². The van der Waals surface area contributed by atoms with E-state index >= 15 is 0 Å². The second-order valence-corrected chi connectivity index (χ2v) is 6.92. The van der Waals surface area contributed by atoms with Crippen LogP contribution in [-0.2, 0) is 12.0 Å². The molecule has 0 atom stereocenters. The number of nitrogens with zero attached hydrogens (tertiary/aromatic N) is 1. The molecule has 0 spiro atoms. The van der Waals surface area contributed by atoms with E-state index in [0.29, 0.717) is 0 Å². The van der Waals surface area contributed by atoms with Gasteiger partial charge in [0.15, 0.2) is 0 Å². The van der Waals surface area contributed by atoms with Gasteiger partial charge in [-0.3, -0.25) is 0 Å². The number of hydrogen-bond donors (Lipinski definition) is 1. The number of nitrogens with one attached hydrogen (secondary N) is 1. The molecule has 0 unspecified atom stereocenters. The molecule has 2 nitrogen and oxygen atoms in total. The molecule has 1 aromatic heterocycles. The van der Waals surface area contributed by atoms with Gasteiger partial charge in [0.2, 0.25) is 0 Å². The molecular formula is C12H22N2S. The van der Waals surface area contributed by atoms with Crippen LogP contribution in [-0.4, -0.2) is 10.5 Å². The van der Waals surface area contributed by atoms with Crippen LogP contribution in [0, 0.1) is 0 Å². The lowest BCUT2D eigenvalue weighted by Gasteiger charge is -2.19. The second kappa shape index (κ2) is 4.22. The fourth-order valence-electron chi connectivity index (χ4n) is 1.08. The molecule has 0 aliphatic heterocycles. The average Bonchev–Trinajstić information content (AvgIpc) is 2.45. The lowest BCUT2D eigenvalue weighted by Crippen LogP contribution is -2.35. The van der Waals surface area contributed by atoms with Gasteiger partial charge >= 0.3 is 0 Å². The molecule has 3 heteroatoms. The molecule has 0 radical (unpaired) electrons. The van der Waals surface area contributed by atoms with Crippen LogP contribution in [0.3, 0.4) is 0 Å². The van der Waals surface area contributed by atoms with Crippen LogP contribution in [0.1, 0.15) is 52.2 Å². The summed E-state index contributed by atoms with van der Waals surface area (Å²) < 4.78 is 0. The fourth-order valence-corrected chi connectivity index (χ4v) is 2.04. The van der Waals surface area contributed by atoms with Crippen molar-refractivity contribution in [1.82, 2.24) is 10.3 Å². The van der Waals surface area contributed by atoms with E-state index in [1.54, 1.807) is 11.3 Å². The molecule has 0 aliphatic rings. The fraction of sp³-hybridized carbons (Fsp3) is 0.750. The van der Waals surface area contributed by atoms with Crippen molar-refractivity contribution in [3.63, 3.8) is 0 Å². The van der Waals surface area contributed by atoms with Gasteiger partial charge in [-0.2, -0.15) is 0 Å². The van der Waals surface area contributed by atoms with Crippen molar-refractivity contribution >= 4 is 11.3 Å². The van der Waals surface area contributed by atoms with Crippen molar-refractivity contribution in [3.8, 4) is 0 Å². The van der Waals surface area contributed by atoms with Gasteiger partial charge in [0, 0.05) is 22.9 Å². The van der Waals surface area contributed by atoms with Crippen LogP contribution in [0.2, 0.25) is 0 Å². The Morgan fingerprint density at radius 3 is 2.20 bits per heavy atom. The Balaban J connectivity index is 2.62. The molecule has 0 fully saturated rings. The highest BCUT2D eigenvalue weighted by atomic mass is 32.1. The number of rotatable bonds is 2. The lowest BCUT2D eigenvalue weighted by atomic mass is 9.93. The molecule has 1 rings (SSSR count). The smallest absolute Gasteiger partial charge is 0.107 e. The largest absolute Gasteiger partial charge is 0.306 e. The molecule has 1 heterocycles. The minimum absolute atomic E-state index is 0.160. The first kappa shape index (κ1) is 12.7. The van der Waals surface area contributed by atoms with E-state index in [1.807, 2.05) is 0 Å². The summed E-state index contributed by atoms with van der Waals surface area (Å²) in [4.78, 5) is 4.64. The third-order valence-corrected chi connectivity index (χ3v) is 2.94. The Morgan fingerprint density at radius 2 is 1.80 bits per heavy atom. The Hall–Kier alpha value is -0.410. The van der Waals surface area contributed by atoms with Gasteiger partial charge in [-0.1, -0.05) is 20.8 Å². The van der Waals surface area contributed by atoms with Gasteiger partial charge in [-0.15, -0.1) is 11.3 Å². The molecule has 0 amide bonds. The molecule has 0 saturated heterocycles. The maximum absolute atomic E-state index is 4.64. The summed E-state index contributed by atoms with van der Waals surface area (Å²) in [6.07, 6.45) is 0. The maximum atomic E-state index is 4.64. The first-order chi connectivity index (χ1) is 6.68. The summed E-state index contributed by atoms with van der Waals surface area (Å²) in [5.41, 5.74) is 1.52. The topological polar surface area (TPSA) is 24.9 Å². The standard InChI is InChI=1S/C12H22N2S/c1-11(2,3)9-8-15-10(14-9)7-13-12(4,5)6/h8,13H,7H2,1-6H3. The average molecular weight is 226 g/mol. The molecule has 0 saturated carbocycles. The van der Waals surface area contributed by atoms with Crippen LogP contribution < -0.4 is 5.32 Å². The number of aromatic nitrogens is 1. The number of thiazole rings is 1. The van der Waals surface area contributed by atoms with Gasteiger partial charge in [0.25, 0.3) is 0 Å². The van der Waals surface area contributed by atoms with Crippen molar-refractivity contribution in [2.45, 2.75) is 59.0 Å². The first-order valence-electron chi connectivity index (χ1n) is 5.38. The van der Waals surface area contributed by atoms with E-state index in [4.69, 9.17) is 0 Å². The Bertz CT molecular complexity index is 315. The minimum Gasteiger partial charge on any atom is -0.306 e. The highest BCUT2D eigenvalue weighted by Gasteiger charge is 2.18. The summed E-state index contributed by atoms with van der Waals surface area (Å²) >= 11 is 1.74. The Kier molecular flexibility index (Phi) is 3.56. The van der Waals surface area contributed by atoms with E-state index in [-0.39, 0.29) is 11.0 Å². The number of hydrogen-bond acceptors (Lipinski definition) is 3. The summed E-state index contributed by atoms with van der Waals surface area (Å²) in [5, 5.41) is 6.79. The third kappa shape index (κ3) is 4.31. The van der Waals surface area contributed by atoms with Gasteiger partial charge in [-0.25, -0.2) is 4.98 Å². The highest BCUT2D eigenvalue weighted by Crippen LogP contribution is 2.23. The SMILES string of the molecule is CC(C)(C)NCc1nc(C(C)(C)C)cs1. The van der Waals surface area contributed by atoms with Crippen LogP contribution >= 0.6 is 11.3 Å². The van der Waals surface area contributed by atoms with Gasteiger partial charge in [0.05, 0.1) is 5.69 Å². The first-order valence-corrected chi connectivity index (χ1v) is 6.26. The van der Waals surface area contributed by atoms with Gasteiger partial charge < -0.3 is 5.32 Å². The molecule has 0 aromatic carbocycles. The Labute approximate surface area is 97.1 Å².